The van der Waals surface area contributed by atoms with Crippen LogP contribution in [0, 0.1) is 0 Å². The molecule has 0 fully saturated rings. The zero-order valence-corrected chi connectivity index (χ0v) is 33.4. The molecular weight excluding hydrogens is 677 g/mol. The molecule has 0 amide bonds. The Balaban J connectivity index is 4.31. The van der Waals surface area contributed by atoms with Crippen LogP contribution in [0.2, 0.25) is 0 Å². The van der Waals surface area contributed by atoms with Gasteiger partial charge in [-0.05, 0) is 83.5 Å². The van der Waals surface area contributed by atoms with Gasteiger partial charge in [-0.25, -0.2) is 4.57 Å². The average molecular weight is 750 g/mol. The van der Waals surface area contributed by atoms with Crippen molar-refractivity contribution >= 4 is 19.8 Å². The summed E-state index contributed by atoms with van der Waals surface area (Å²) in [5.41, 5.74) is 5.33. The molecule has 0 saturated heterocycles. The molecule has 0 aliphatic heterocycles. The van der Waals surface area contributed by atoms with Crippen LogP contribution in [-0.4, -0.2) is 49.3 Å². The van der Waals surface area contributed by atoms with Crippen molar-refractivity contribution < 1.29 is 37.6 Å². The van der Waals surface area contributed by atoms with Gasteiger partial charge in [-0.1, -0.05) is 125 Å². The van der Waals surface area contributed by atoms with Gasteiger partial charge >= 0.3 is 19.8 Å². The second-order valence-electron chi connectivity index (χ2n) is 12.8. The van der Waals surface area contributed by atoms with Gasteiger partial charge in [-0.2, -0.15) is 0 Å². The fraction of sp³-hybridized carbons (Fsp3) is 0.667. The van der Waals surface area contributed by atoms with Crippen LogP contribution in [0.25, 0.3) is 0 Å². The Morgan fingerprint density at radius 3 is 1.62 bits per heavy atom. The predicted octanol–water partition coefficient (Wildman–Crippen LogP) is 11.1. The summed E-state index contributed by atoms with van der Waals surface area (Å²) < 4.78 is 32.6. The molecule has 3 N–H and O–H groups in total. The van der Waals surface area contributed by atoms with E-state index in [2.05, 4.69) is 86.8 Å². The van der Waals surface area contributed by atoms with Crippen molar-refractivity contribution in [2.75, 3.05) is 26.4 Å². The second-order valence-corrected chi connectivity index (χ2v) is 14.2. The van der Waals surface area contributed by atoms with Gasteiger partial charge < -0.3 is 20.1 Å². The van der Waals surface area contributed by atoms with Crippen LogP contribution in [0.1, 0.15) is 149 Å². The summed E-state index contributed by atoms with van der Waals surface area (Å²) in [6, 6.07) is 0. The van der Waals surface area contributed by atoms with Crippen LogP contribution in [0.3, 0.4) is 0 Å². The van der Waals surface area contributed by atoms with Gasteiger partial charge in [0, 0.05) is 19.4 Å². The second kappa shape index (κ2) is 38.2. The first kappa shape index (κ1) is 49.5. The Labute approximate surface area is 316 Å². The third-order valence-electron chi connectivity index (χ3n) is 7.83. The molecule has 0 aromatic carbocycles. The minimum atomic E-state index is -4.39. The van der Waals surface area contributed by atoms with Crippen LogP contribution < -0.4 is 5.73 Å². The molecule has 0 bridgehead atoms. The van der Waals surface area contributed by atoms with Gasteiger partial charge in [0.15, 0.2) is 6.10 Å². The zero-order chi connectivity index (χ0) is 38.2. The summed E-state index contributed by atoms with van der Waals surface area (Å²) in [4.78, 5) is 34.8. The molecule has 2 unspecified atom stereocenters. The largest absolute Gasteiger partial charge is 0.472 e. The number of hydrogen-bond donors (Lipinski definition) is 2. The molecule has 0 spiro atoms. The van der Waals surface area contributed by atoms with Crippen LogP contribution in [0.15, 0.2) is 72.9 Å². The number of hydrogen-bond acceptors (Lipinski definition) is 8. The predicted molar refractivity (Wildman–Crippen MR) is 215 cm³/mol. The highest BCUT2D eigenvalue weighted by Gasteiger charge is 2.25. The molecule has 0 aliphatic rings. The highest BCUT2D eigenvalue weighted by Crippen LogP contribution is 2.43. The molecule has 0 aliphatic carbocycles. The fourth-order valence-corrected chi connectivity index (χ4v) is 5.65. The van der Waals surface area contributed by atoms with Gasteiger partial charge in [0.25, 0.3) is 0 Å². The summed E-state index contributed by atoms with van der Waals surface area (Å²) in [5.74, 6) is -0.901. The van der Waals surface area contributed by atoms with Crippen molar-refractivity contribution in [1.82, 2.24) is 0 Å². The van der Waals surface area contributed by atoms with Gasteiger partial charge in [0.05, 0.1) is 13.2 Å². The molecule has 2 atom stereocenters. The van der Waals surface area contributed by atoms with Gasteiger partial charge in [0.1, 0.15) is 6.61 Å². The number of unbranched alkanes of at least 4 members (excludes halogenated alkanes) is 11. The number of phosphoric ester groups is 1. The van der Waals surface area contributed by atoms with E-state index in [1.807, 2.05) is 0 Å². The summed E-state index contributed by atoms with van der Waals surface area (Å²) in [6.07, 6.45) is 45.0. The summed E-state index contributed by atoms with van der Waals surface area (Å²) >= 11 is 0. The normalized spacial score (nSPS) is 14.2. The third kappa shape index (κ3) is 37.2. The van der Waals surface area contributed by atoms with Crippen molar-refractivity contribution in [3.05, 3.63) is 72.9 Å². The summed E-state index contributed by atoms with van der Waals surface area (Å²) in [5, 5.41) is 0. The first-order valence-corrected chi connectivity index (χ1v) is 21.4. The lowest BCUT2D eigenvalue weighted by Crippen LogP contribution is -2.29. The van der Waals surface area contributed by atoms with E-state index in [-0.39, 0.29) is 32.6 Å². The van der Waals surface area contributed by atoms with E-state index in [9.17, 15) is 19.0 Å². The van der Waals surface area contributed by atoms with Crippen molar-refractivity contribution in [3.8, 4) is 0 Å². The highest BCUT2D eigenvalue weighted by molar-refractivity contribution is 7.47. The maximum Gasteiger partial charge on any atom is 0.472 e. The number of esters is 2. The summed E-state index contributed by atoms with van der Waals surface area (Å²) in [6.45, 7) is 3.51. The van der Waals surface area contributed by atoms with E-state index in [1.54, 1.807) is 0 Å². The van der Waals surface area contributed by atoms with E-state index >= 15 is 0 Å². The molecule has 0 aromatic heterocycles. The fourth-order valence-electron chi connectivity index (χ4n) is 4.89. The smallest absolute Gasteiger partial charge is 0.462 e. The molecule has 0 radical (unpaired) electrons. The summed E-state index contributed by atoms with van der Waals surface area (Å²) in [7, 11) is -4.39. The number of carbonyl (C=O) groups excluding carboxylic acids is 2. The highest BCUT2D eigenvalue weighted by atomic mass is 31.2. The molecule has 9 nitrogen and oxygen atoms in total. The molecule has 0 rings (SSSR count). The van der Waals surface area contributed by atoms with Crippen molar-refractivity contribution in [2.24, 2.45) is 5.73 Å². The number of nitrogens with two attached hydrogens (primary N) is 1. The van der Waals surface area contributed by atoms with Crippen LogP contribution in [0.5, 0.6) is 0 Å². The molecule has 10 heteroatoms. The first-order valence-electron chi connectivity index (χ1n) is 19.9. The lowest BCUT2D eigenvalue weighted by molar-refractivity contribution is -0.161. The maximum atomic E-state index is 12.5. The lowest BCUT2D eigenvalue weighted by Gasteiger charge is -2.19. The first-order chi connectivity index (χ1) is 25.3. The Morgan fingerprint density at radius 1 is 0.596 bits per heavy atom. The maximum absolute atomic E-state index is 12.5. The number of rotatable bonds is 36. The number of allylic oxidation sites excluding steroid dienone is 12. The third-order valence-corrected chi connectivity index (χ3v) is 8.81. The SMILES string of the molecule is CC/C=C\C/C=C\C/C=C\C/C=C\CCCCC(=O)OC(COC(=O)CCCCCCC/C=C\C/C=C\CCCCCC)COP(=O)(O)OCCN. The van der Waals surface area contributed by atoms with Gasteiger partial charge in [-0.15, -0.1) is 0 Å². The molecular formula is C42H72NO8P. The molecule has 0 saturated carbocycles. The molecule has 0 aromatic rings. The Hall–Kier alpha value is -2.55. The topological polar surface area (TPSA) is 134 Å². The molecule has 0 heterocycles. The minimum Gasteiger partial charge on any atom is -0.462 e. The van der Waals surface area contributed by atoms with Crippen molar-refractivity contribution in [2.45, 2.75) is 155 Å². The number of phosphoric acid groups is 1. The monoisotopic (exact) mass is 749 g/mol. The van der Waals surface area contributed by atoms with Crippen LogP contribution in [0.4, 0.5) is 0 Å². The van der Waals surface area contributed by atoms with E-state index in [4.69, 9.17) is 24.3 Å². The number of ether oxygens (including phenoxy) is 2. The molecule has 298 valence electrons. The Morgan fingerprint density at radius 2 is 1.06 bits per heavy atom. The van der Waals surface area contributed by atoms with E-state index in [1.165, 1.54) is 32.1 Å². The van der Waals surface area contributed by atoms with Crippen molar-refractivity contribution in [3.63, 3.8) is 0 Å². The Kier molecular flexibility index (Phi) is 36.3. The standard InChI is InChI=1S/C42H72NO8P/c1-3-5-7-9-11-13-15-17-19-21-22-24-26-28-30-32-34-41(44)48-38-40(39-50-52(46,47)49-37-36-43)51-42(45)35-33-31-29-27-25-23-20-18-16-14-12-10-8-6-4-2/h6,8,12-15,18-21,25,27,40H,3-5,7,9-11,16-17,22-24,26,28-39,43H2,1-2H3,(H,46,47)/b8-6-,14-12-,15-13-,20-18-,21-19-,27-25-. The van der Waals surface area contributed by atoms with E-state index < -0.39 is 32.5 Å². The van der Waals surface area contributed by atoms with E-state index in [0.29, 0.717) is 12.8 Å². The minimum absolute atomic E-state index is 0.0407. The average Bonchev–Trinajstić information content (AvgIpc) is 3.13. The van der Waals surface area contributed by atoms with Gasteiger partial charge in [0.2, 0.25) is 0 Å². The van der Waals surface area contributed by atoms with Crippen molar-refractivity contribution in [1.29, 1.82) is 0 Å². The van der Waals surface area contributed by atoms with Crippen LogP contribution in [-0.2, 0) is 32.7 Å². The number of carbonyl (C=O) groups is 2. The quantitative estimate of drug-likeness (QED) is 0.0278. The molecule has 52 heavy (non-hydrogen) atoms. The van der Waals surface area contributed by atoms with Crippen LogP contribution >= 0.6 is 7.82 Å². The lowest BCUT2D eigenvalue weighted by atomic mass is 10.1. The van der Waals surface area contributed by atoms with E-state index in [0.717, 1.165) is 77.0 Å². The van der Waals surface area contributed by atoms with Gasteiger partial charge in [-0.3, -0.25) is 18.6 Å². The zero-order valence-electron chi connectivity index (χ0n) is 32.5. The Bertz CT molecular complexity index is 1080.